The highest BCUT2D eigenvalue weighted by Crippen LogP contribution is 2.22. The molecule has 3 heterocycles. The first-order chi connectivity index (χ1) is 17.6. The average Bonchev–Trinajstić information content (AvgIpc) is 3.58. The van der Waals surface area contributed by atoms with Gasteiger partial charge in [-0.05, 0) is 35.0 Å². The maximum absolute atomic E-state index is 13.5. The maximum Gasteiger partial charge on any atom is 0.267 e. The summed E-state index contributed by atoms with van der Waals surface area (Å²) in [6.07, 6.45) is 9.77. The van der Waals surface area contributed by atoms with Gasteiger partial charge in [-0.25, -0.2) is 4.99 Å². The number of nitrogens with zero attached hydrogens (tertiary/aromatic N) is 5. The maximum atomic E-state index is 13.5. The fourth-order valence-corrected chi connectivity index (χ4v) is 3.20. The number of nitrogens with one attached hydrogen (secondary N) is 1. The highest BCUT2D eigenvalue weighted by atomic mass is 35.5. The van der Waals surface area contributed by atoms with Gasteiger partial charge in [-0.1, -0.05) is 30.9 Å². The molecule has 0 saturated heterocycles. The van der Waals surface area contributed by atoms with Crippen molar-refractivity contribution in [2.24, 2.45) is 4.99 Å². The molecule has 1 aromatic carbocycles. The molecule has 0 saturated carbocycles. The third-order valence-corrected chi connectivity index (χ3v) is 4.89. The number of aliphatic hydroxyl groups is 1. The van der Waals surface area contributed by atoms with Crippen molar-refractivity contribution in [2.45, 2.75) is 13.2 Å². The van der Waals surface area contributed by atoms with Gasteiger partial charge in [-0.3, -0.25) is 9.36 Å². The molecule has 0 aliphatic carbocycles. The van der Waals surface area contributed by atoms with E-state index >= 15 is 0 Å². The van der Waals surface area contributed by atoms with Crippen LogP contribution in [-0.4, -0.2) is 35.9 Å². The molecule has 0 radical (unpaired) electrons. The molecule has 11 nitrogen and oxygen atoms in total. The smallest absolute Gasteiger partial charge is 0.267 e. The second-order valence-corrected chi connectivity index (χ2v) is 7.46. The van der Waals surface area contributed by atoms with E-state index in [9.17, 15) is 9.90 Å². The Bertz CT molecular complexity index is 1500. The summed E-state index contributed by atoms with van der Waals surface area (Å²) in [5.74, 6) is 1.14. The minimum Gasteiger partial charge on any atom is -0.436 e. The number of H-pyrrole nitrogens is 1. The van der Waals surface area contributed by atoms with Gasteiger partial charge in [0.1, 0.15) is 24.2 Å². The van der Waals surface area contributed by atoms with Crippen LogP contribution in [0.2, 0.25) is 0 Å². The monoisotopic (exact) mass is 508 g/mol. The Morgan fingerprint density at radius 1 is 1.28 bits per heavy atom. The van der Waals surface area contributed by atoms with E-state index in [4.69, 9.17) is 25.3 Å². The van der Waals surface area contributed by atoms with Crippen molar-refractivity contribution in [3.05, 3.63) is 101 Å². The molecule has 3 aromatic heterocycles. The summed E-state index contributed by atoms with van der Waals surface area (Å²) in [6.45, 7) is 3.44. The molecule has 0 amide bonds. The third kappa shape index (κ3) is 5.95. The summed E-state index contributed by atoms with van der Waals surface area (Å²) in [6, 6.07) is 8.47. The van der Waals surface area contributed by atoms with Crippen LogP contribution in [0.3, 0.4) is 0 Å². The summed E-state index contributed by atoms with van der Waals surface area (Å²) < 4.78 is 17.1. The second kappa shape index (κ2) is 11.8. The molecule has 0 spiro atoms. The van der Waals surface area contributed by atoms with Gasteiger partial charge in [0.15, 0.2) is 0 Å². The summed E-state index contributed by atoms with van der Waals surface area (Å²) in [4.78, 5) is 21.1. The summed E-state index contributed by atoms with van der Waals surface area (Å²) in [5.41, 5.74) is 1.28. The lowest BCUT2D eigenvalue weighted by molar-refractivity contribution is 0.241. The molecule has 0 unspecified atom stereocenters. The van der Waals surface area contributed by atoms with Gasteiger partial charge in [-0.15, -0.1) is 21.8 Å². The van der Waals surface area contributed by atoms with E-state index in [1.165, 1.54) is 17.0 Å². The first-order valence-electron chi connectivity index (χ1n) is 10.6. The average molecular weight is 509 g/mol. The predicted octanol–water partition coefficient (Wildman–Crippen LogP) is 3.64. The molecule has 0 fully saturated rings. The molecular weight excluding hydrogens is 488 g/mol. The second-order valence-electron chi connectivity index (χ2n) is 7.16. The molecular formula is C24H21ClN6O5. The van der Waals surface area contributed by atoms with Gasteiger partial charge in [0, 0.05) is 18.1 Å². The molecule has 36 heavy (non-hydrogen) atoms. The Labute approximate surface area is 209 Å². The Hall–Kier alpha value is -4.48. The number of aromatic amines is 1. The highest BCUT2D eigenvalue weighted by Gasteiger charge is 2.15. The summed E-state index contributed by atoms with van der Waals surface area (Å²) in [7, 11) is 0. The molecule has 184 valence electrons. The Morgan fingerprint density at radius 2 is 2.11 bits per heavy atom. The van der Waals surface area contributed by atoms with Crippen LogP contribution >= 0.6 is 11.6 Å². The lowest BCUT2D eigenvalue weighted by Gasteiger charge is -2.09. The number of aliphatic hydroxyl groups excluding tert-OH is 1. The quantitative estimate of drug-likeness (QED) is 0.244. The molecule has 0 atom stereocenters. The zero-order valence-corrected chi connectivity index (χ0v) is 19.6. The number of rotatable bonds is 10. The van der Waals surface area contributed by atoms with E-state index in [1.54, 1.807) is 54.6 Å². The van der Waals surface area contributed by atoms with E-state index in [2.05, 4.69) is 31.9 Å². The Balaban J connectivity index is 1.76. The topological polar surface area (TPSA) is 145 Å². The van der Waals surface area contributed by atoms with Crippen molar-refractivity contribution in [1.29, 1.82) is 0 Å². The van der Waals surface area contributed by atoms with E-state index in [-0.39, 0.29) is 29.5 Å². The van der Waals surface area contributed by atoms with Crippen molar-refractivity contribution >= 4 is 17.3 Å². The molecule has 12 heteroatoms. The first kappa shape index (κ1) is 24.6. The van der Waals surface area contributed by atoms with Crippen LogP contribution in [0.15, 0.2) is 98.0 Å². The van der Waals surface area contributed by atoms with Gasteiger partial charge in [0.2, 0.25) is 11.5 Å². The Kier molecular flexibility index (Phi) is 8.06. The number of aromatic nitrogens is 5. The molecule has 0 aliphatic rings. The van der Waals surface area contributed by atoms with E-state index in [0.717, 1.165) is 5.57 Å². The molecule has 0 bridgehead atoms. The van der Waals surface area contributed by atoms with E-state index < -0.39 is 12.2 Å². The minimum absolute atomic E-state index is 0.00469. The first-order valence-corrected chi connectivity index (χ1v) is 11.2. The number of hydrogen-bond acceptors (Lipinski definition) is 9. The normalized spacial score (nSPS) is 12.4. The van der Waals surface area contributed by atoms with Gasteiger partial charge >= 0.3 is 0 Å². The van der Waals surface area contributed by atoms with Gasteiger partial charge in [-0.2, -0.15) is 0 Å². The van der Waals surface area contributed by atoms with E-state index in [1.807, 2.05) is 0 Å². The fraction of sp³-hybridized carbons (Fsp3) is 0.125. The largest absolute Gasteiger partial charge is 0.436 e. The van der Waals surface area contributed by atoms with Gasteiger partial charge in [0.25, 0.3) is 17.3 Å². The predicted molar refractivity (Wildman–Crippen MR) is 131 cm³/mol. The zero-order chi connectivity index (χ0) is 25.3. The number of ether oxygens (including phenoxy) is 1. The Morgan fingerprint density at radius 3 is 2.78 bits per heavy atom. The standard InChI is InChI=1S/C24H21ClN6O5/c1-2-4-16(5-3-11-25)14-31-23(33)19(22-29-28-21(15-32)36-22)13-26-24(31)27-17-6-8-18(9-7-17)35-20-10-12-34-30-20/h2-10,12-13,32H,1,11,14-15H2,(H,26,27)/b5-3-,16-4+. The van der Waals surface area contributed by atoms with Crippen LogP contribution in [0.25, 0.3) is 11.5 Å². The SMILES string of the molecule is C=C/C=C(\C=C/CCl)Cn1c(=O)c(-c2nnc(CO)o2)c[nH]/c1=N\c1ccc(Oc2ccon2)cc1. The van der Waals surface area contributed by atoms with Gasteiger partial charge < -0.3 is 23.8 Å². The van der Waals surface area contributed by atoms with Crippen molar-refractivity contribution in [3.8, 4) is 23.1 Å². The van der Waals surface area contributed by atoms with Crippen LogP contribution in [0.5, 0.6) is 11.6 Å². The molecule has 4 aromatic rings. The van der Waals surface area contributed by atoms with Crippen LogP contribution in [0, 0.1) is 0 Å². The lowest BCUT2D eigenvalue weighted by atomic mass is 10.2. The summed E-state index contributed by atoms with van der Waals surface area (Å²) >= 11 is 5.80. The van der Waals surface area contributed by atoms with Crippen molar-refractivity contribution in [3.63, 3.8) is 0 Å². The molecule has 2 N–H and O–H groups in total. The van der Waals surface area contributed by atoms with Gasteiger partial charge in [0.05, 0.1) is 12.2 Å². The fourth-order valence-electron chi connectivity index (χ4n) is 3.11. The van der Waals surface area contributed by atoms with Crippen LogP contribution < -0.4 is 15.9 Å². The van der Waals surface area contributed by atoms with Crippen molar-refractivity contribution < 1.29 is 18.8 Å². The van der Waals surface area contributed by atoms with Crippen LogP contribution in [-0.2, 0) is 13.2 Å². The molecule has 0 aliphatic heterocycles. The number of allylic oxidation sites excluding steroid dienone is 5. The van der Waals surface area contributed by atoms with Crippen molar-refractivity contribution in [2.75, 3.05) is 5.88 Å². The number of halogens is 1. The van der Waals surface area contributed by atoms with Crippen molar-refractivity contribution in [1.82, 2.24) is 24.9 Å². The van der Waals surface area contributed by atoms with Crippen LogP contribution in [0.1, 0.15) is 5.89 Å². The third-order valence-electron chi connectivity index (χ3n) is 4.71. The number of hydrogen-bond donors (Lipinski definition) is 2. The van der Waals surface area contributed by atoms with Crippen LogP contribution in [0.4, 0.5) is 5.69 Å². The molecule has 4 rings (SSSR count). The minimum atomic E-state index is -0.440. The summed E-state index contributed by atoms with van der Waals surface area (Å²) in [5, 5.41) is 20.5. The number of benzene rings is 1. The van der Waals surface area contributed by atoms with E-state index in [0.29, 0.717) is 23.2 Å². The number of alkyl halides is 1. The lowest BCUT2D eigenvalue weighted by Crippen LogP contribution is -2.37. The highest BCUT2D eigenvalue weighted by molar-refractivity contribution is 6.18. The zero-order valence-electron chi connectivity index (χ0n) is 18.9.